The van der Waals surface area contributed by atoms with Crippen LogP contribution in [0.2, 0.25) is 0 Å². The molecule has 0 unspecified atom stereocenters. The van der Waals surface area contributed by atoms with Crippen LogP contribution in [0.25, 0.3) is 0 Å². The number of carbonyl (C=O) groups is 1. The fourth-order valence-corrected chi connectivity index (χ4v) is 4.79. The van der Waals surface area contributed by atoms with Crippen molar-refractivity contribution in [3.05, 3.63) is 28.2 Å². The number of piperidine rings is 2. The molecule has 0 spiro atoms. The number of fused-ring (bicyclic) bond motifs is 4. The molecule has 3 aliphatic rings. The van der Waals surface area contributed by atoms with Crippen molar-refractivity contribution in [3.8, 4) is 0 Å². The van der Waals surface area contributed by atoms with E-state index in [0.717, 1.165) is 63.4 Å². The summed E-state index contributed by atoms with van der Waals surface area (Å²) < 4.78 is 1.97. The number of nitrogens with zero attached hydrogens (tertiary/aromatic N) is 2. The highest BCUT2D eigenvalue weighted by Crippen LogP contribution is 2.35. The highest BCUT2D eigenvalue weighted by Gasteiger charge is 2.36. The predicted octanol–water partition coefficient (Wildman–Crippen LogP) is -0.0971. The molecule has 6 heteroatoms. The predicted molar refractivity (Wildman–Crippen MR) is 97.1 cm³/mol. The van der Waals surface area contributed by atoms with Crippen LogP contribution in [0.1, 0.15) is 37.8 Å². The third-order valence-electron chi connectivity index (χ3n) is 6.25. The van der Waals surface area contributed by atoms with Gasteiger partial charge in [0, 0.05) is 57.1 Å². The minimum absolute atomic E-state index is 0.120. The molecule has 1 aromatic heterocycles. The zero-order valence-electron chi connectivity index (χ0n) is 15.3. The molecule has 2 fully saturated rings. The molecule has 4 rings (SSSR count). The molecule has 2 N–H and O–H groups in total. The van der Waals surface area contributed by atoms with Crippen LogP contribution in [0.15, 0.2) is 16.9 Å². The number of aromatic nitrogens is 1. The van der Waals surface area contributed by atoms with Gasteiger partial charge in [-0.2, -0.15) is 0 Å². The lowest BCUT2D eigenvalue weighted by molar-refractivity contribution is -0.884. The monoisotopic (exact) mass is 345 g/mol. The topological polar surface area (TPSA) is 58.8 Å². The summed E-state index contributed by atoms with van der Waals surface area (Å²) in [6.45, 7) is 6.23. The summed E-state index contributed by atoms with van der Waals surface area (Å²) in [4.78, 5) is 28.3. The molecule has 0 aromatic carbocycles. The summed E-state index contributed by atoms with van der Waals surface area (Å²) in [5, 5.41) is 3.50. The first-order chi connectivity index (χ1) is 12.0. The quantitative estimate of drug-likeness (QED) is 0.787. The van der Waals surface area contributed by atoms with E-state index in [1.807, 2.05) is 15.5 Å². The van der Waals surface area contributed by atoms with Crippen LogP contribution in [0.3, 0.4) is 0 Å². The van der Waals surface area contributed by atoms with Gasteiger partial charge in [-0.05, 0) is 24.5 Å². The zero-order valence-corrected chi connectivity index (χ0v) is 15.3. The normalized spacial score (nSPS) is 31.4. The number of nitrogens with one attached hydrogen (secondary N) is 2. The molecule has 2 bridgehead atoms. The van der Waals surface area contributed by atoms with Gasteiger partial charge in [0.15, 0.2) is 0 Å². The van der Waals surface area contributed by atoms with Crippen LogP contribution in [0, 0.1) is 5.92 Å². The molecule has 1 aromatic rings. The standard InChI is InChI=1S/C19H28N4O2/c1-13(24)22-10-14-9-15(12-22)18-4-3-17(19(25)23(18)11-14)20-16-5-7-21(2)8-6-16/h3-4,14-16,20H,5-12H2,1-2H3/p+1/t14-,15+/m0/s1. The van der Waals surface area contributed by atoms with Crippen LogP contribution < -0.4 is 15.8 Å². The summed E-state index contributed by atoms with van der Waals surface area (Å²) in [5.74, 6) is 0.841. The van der Waals surface area contributed by atoms with Gasteiger partial charge < -0.3 is 19.7 Å². The van der Waals surface area contributed by atoms with Gasteiger partial charge in [0.25, 0.3) is 5.56 Å². The Bertz CT molecular complexity index is 721. The van der Waals surface area contributed by atoms with E-state index in [1.54, 1.807) is 11.8 Å². The third kappa shape index (κ3) is 3.19. The highest BCUT2D eigenvalue weighted by atomic mass is 16.2. The second-order valence-corrected chi connectivity index (χ2v) is 8.19. The summed E-state index contributed by atoms with van der Waals surface area (Å²) >= 11 is 0. The average molecular weight is 345 g/mol. The molecule has 0 saturated carbocycles. The lowest BCUT2D eigenvalue weighted by Gasteiger charge is -2.42. The van der Waals surface area contributed by atoms with E-state index in [9.17, 15) is 9.59 Å². The van der Waals surface area contributed by atoms with Crippen molar-refractivity contribution in [2.24, 2.45) is 5.92 Å². The Hall–Kier alpha value is -1.82. The van der Waals surface area contributed by atoms with Gasteiger partial charge in [-0.1, -0.05) is 0 Å². The number of likely N-dealkylation sites (tertiary alicyclic amines) is 2. The first-order valence-electron chi connectivity index (χ1n) is 9.58. The summed E-state index contributed by atoms with van der Waals surface area (Å²) in [5.41, 5.74) is 1.97. The average Bonchev–Trinajstić information content (AvgIpc) is 2.59. The van der Waals surface area contributed by atoms with Crippen LogP contribution >= 0.6 is 0 Å². The third-order valence-corrected chi connectivity index (χ3v) is 6.25. The van der Waals surface area contributed by atoms with Gasteiger partial charge in [-0.15, -0.1) is 0 Å². The molecule has 25 heavy (non-hydrogen) atoms. The highest BCUT2D eigenvalue weighted by molar-refractivity contribution is 5.73. The summed E-state index contributed by atoms with van der Waals surface area (Å²) in [6, 6.07) is 4.48. The lowest BCUT2D eigenvalue weighted by Crippen LogP contribution is -3.10. The van der Waals surface area contributed by atoms with Crippen molar-refractivity contribution < 1.29 is 9.69 Å². The van der Waals surface area contributed by atoms with E-state index < -0.39 is 0 Å². The van der Waals surface area contributed by atoms with Crippen LogP contribution in [0.4, 0.5) is 5.69 Å². The fraction of sp³-hybridized carbons (Fsp3) is 0.684. The van der Waals surface area contributed by atoms with Crippen LogP contribution in [-0.2, 0) is 11.3 Å². The van der Waals surface area contributed by atoms with E-state index in [4.69, 9.17) is 0 Å². The van der Waals surface area contributed by atoms with E-state index in [0.29, 0.717) is 17.9 Å². The Kier molecular flexibility index (Phi) is 4.31. The number of quaternary nitrogens is 1. The Balaban J connectivity index is 1.56. The minimum atomic E-state index is 0.120. The summed E-state index contributed by atoms with van der Waals surface area (Å²) in [7, 11) is 2.23. The van der Waals surface area contributed by atoms with Gasteiger partial charge in [-0.25, -0.2) is 0 Å². The van der Waals surface area contributed by atoms with E-state index >= 15 is 0 Å². The Morgan fingerprint density at radius 3 is 2.68 bits per heavy atom. The fourth-order valence-electron chi connectivity index (χ4n) is 4.79. The van der Waals surface area contributed by atoms with Crippen molar-refractivity contribution in [1.82, 2.24) is 9.47 Å². The van der Waals surface area contributed by atoms with Crippen molar-refractivity contribution in [2.45, 2.75) is 44.7 Å². The van der Waals surface area contributed by atoms with E-state index in [2.05, 4.69) is 18.4 Å². The molecular formula is C19H29N4O2+. The lowest BCUT2D eigenvalue weighted by atomic mass is 9.83. The first-order valence-corrected chi connectivity index (χ1v) is 9.58. The maximum atomic E-state index is 13.0. The first kappa shape index (κ1) is 16.6. The number of hydrogen-bond donors (Lipinski definition) is 2. The number of hydrogen-bond acceptors (Lipinski definition) is 3. The minimum Gasteiger partial charge on any atom is -0.377 e. The molecule has 6 nitrogen and oxygen atoms in total. The Labute approximate surface area is 148 Å². The molecular weight excluding hydrogens is 316 g/mol. The number of carbonyl (C=O) groups excluding carboxylic acids is 1. The number of anilines is 1. The molecule has 3 aliphatic heterocycles. The zero-order chi connectivity index (χ0) is 17.6. The van der Waals surface area contributed by atoms with E-state index in [-0.39, 0.29) is 11.5 Å². The number of rotatable bonds is 2. The van der Waals surface area contributed by atoms with Gasteiger partial charge in [0.2, 0.25) is 5.91 Å². The van der Waals surface area contributed by atoms with Crippen molar-refractivity contribution in [1.29, 1.82) is 0 Å². The van der Waals surface area contributed by atoms with Gasteiger partial charge in [-0.3, -0.25) is 9.59 Å². The molecule has 2 saturated heterocycles. The number of pyridine rings is 1. The van der Waals surface area contributed by atoms with E-state index in [1.165, 1.54) is 0 Å². The molecule has 1 amide bonds. The van der Waals surface area contributed by atoms with Gasteiger partial charge in [0.05, 0.1) is 20.1 Å². The smallest absolute Gasteiger partial charge is 0.274 e. The SMILES string of the molecule is CC(=O)N1C[C@@H]2C[C@H](C1)c1ccc(NC3CC[NH+](C)CC3)c(=O)n1C2. The summed E-state index contributed by atoms with van der Waals surface area (Å²) in [6.07, 6.45) is 3.32. The van der Waals surface area contributed by atoms with Crippen LogP contribution in [-0.4, -0.2) is 54.6 Å². The maximum Gasteiger partial charge on any atom is 0.274 e. The largest absolute Gasteiger partial charge is 0.377 e. The molecule has 4 heterocycles. The van der Waals surface area contributed by atoms with Crippen molar-refractivity contribution in [3.63, 3.8) is 0 Å². The second kappa shape index (κ2) is 6.48. The Morgan fingerprint density at radius 1 is 1.20 bits per heavy atom. The number of amides is 1. The van der Waals surface area contributed by atoms with Gasteiger partial charge in [0.1, 0.15) is 5.69 Å². The molecule has 0 aliphatic carbocycles. The maximum absolute atomic E-state index is 13.0. The Morgan fingerprint density at radius 2 is 1.96 bits per heavy atom. The molecule has 136 valence electrons. The van der Waals surface area contributed by atoms with Crippen molar-refractivity contribution >= 4 is 11.6 Å². The second-order valence-electron chi connectivity index (χ2n) is 8.19. The van der Waals surface area contributed by atoms with Crippen molar-refractivity contribution in [2.75, 3.05) is 38.5 Å². The van der Waals surface area contributed by atoms with Gasteiger partial charge >= 0.3 is 0 Å². The molecule has 2 atom stereocenters. The van der Waals surface area contributed by atoms with Crippen LogP contribution in [0.5, 0.6) is 0 Å². The molecule has 0 radical (unpaired) electrons.